The van der Waals surface area contributed by atoms with Gasteiger partial charge in [-0.15, -0.1) is 0 Å². The Labute approximate surface area is 117 Å². The van der Waals surface area contributed by atoms with Gasteiger partial charge in [-0.3, -0.25) is 4.79 Å². The van der Waals surface area contributed by atoms with Crippen molar-refractivity contribution in [2.75, 3.05) is 0 Å². The van der Waals surface area contributed by atoms with Gasteiger partial charge >= 0.3 is 5.97 Å². The largest absolute Gasteiger partial charge is 0.480 e. The number of nitrogens with zero attached hydrogens (tertiary/aromatic N) is 1. The second-order valence-electron chi connectivity index (χ2n) is 4.98. The highest BCUT2D eigenvalue weighted by Crippen LogP contribution is 2.30. The van der Waals surface area contributed by atoms with Crippen LogP contribution in [0.3, 0.4) is 0 Å². The van der Waals surface area contributed by atoms with Gasteiger partial charge in [0.15, 0.2) is 0 Å². The van der Waals surface area contributed by atoms with E-state index in [1.54, 1.807) is 18.2 Å². The monoisotopic (exact) mass is 281 g/mol. The Morgan fingerprint density at radius 1 is 1.37 bits per heavy atom. The van der Waals surface area contributed by atoms with Crippen molar-refractivity contribution in [1.82, 2.24) is 4.90 Å². The second-order valence-corrected chi connectivity index (χ2v) is 5.41. The number of hydrogen-bond acceptors (Lipinski definition) is 2. The van der Waals surface area contributed by atoms with E-state index in [0.29, 0.717) is 10.6 Å². The lowest BCUT2D eigenvalue weighted by atomic mass is 10.1. The summed E-state index contributed by atoms with van der Waals surface area (Å²) in [6.45, 7) is 3.39. The zero-order valence-corrected chi connectivity index (χ0v) is 11.6. The summed E-state index contributed by atoms with van der Waals surface area (Å²) in [6, 6.07) is 4.30. The molecule has 1 amide bonds. The Morgan fingerprint density at radius 2 is 2.00 bits per heavy atom. The molecule has 1 saturated carbocycles. The number of aliphatic carboxylic acids is 1. The molecule has 1 unspecified atom stereocenters. The third kappa shape index (κ3) is 3.07. The van der Waals surface area contributed by atoms with Crippen LogP contribution in [0.15, 0.2) is 18.2 Å². The maximum absolute atomic E-state index is 12.5. The third-order valence-corrected chi connectivity index (χ3v) is 3.46. The van der Waals surface area contributed by atoms with Crippen molar-refractivity contribution in [2.24, 2.45) is 0 Å². The van der Waals surface area contributed by atoms with Crippen LogP contribution >= 0.6 is 11.6 Å². The standard InChI is InChI=1S/C14H16ClNO3/c1-8-5-10(7-11(15)6-8)13(17)16(12-3-4-12)9(2)14(18)19/h5-7,9,12H,3-4H2,1-2H3,(H,18,19). The first-order valence-electron chi connectivity index (χ1n) is 6.23. The molecule has 0 spiro atoms. The first-order valence-corrected chi connectivity index (χ1v) is 6.60. The zero-order chi connectivity index (χ0) is 14.2. The van der Waals surface area contributed by atoms with Crippen LogP contribution in [0, 0.1) is 6.92 Å². The number of aryl methyl sites for hydroxylation is 1. The number of carbonyl (C=O) groups is 2. The molecule has 1 aromatic rings. The molecule has 19 heavy (non-hydrogen) atoms. The van der Waals surface area contributed by atoms with Gasteiger partial charge in [0.05, 0.1) is 0 Å². The van der Waals surface area contributed by atoms with E-state index in [1.807, 2.05) is 6.92 Å². The lowest BCUT2D eigenvalue weighted by Crippen LogP contribution is -2.44. The molecular weight excluding hydrogens is 266 g/mol. The van der Waals surface area contributed by atoms with E-state index in [2.05, 4.69) is 0 Å². The molecule has 2 rings (SSSR count). The van der Waals surface area contributed by atoms with Gasteiger partial charge in [-0.05, 0) is 50.5 Å². The Kier molecular flexibility index (Phi) is 3.80. The normalized spacial score (nSPS) is 15.9. The van der Waals surface area contributed by atoms with Crippen LogP contribution in [0.1, 0.15) is 35.7 Å². The topological polar surface area (TPSA) is 57.6 Å². The van der Waals surface area contributed by atoms with Crippen molar-refractivity contribution in [3.05, 3.63) is 34.3 Å². The van der Waals surface area contributed by atoms with Crippen molar-refractivity contribution in [3.8, 4) is 0 Å². The first-order chi connectivity index (χ1) is 8.90. The SMILES string of the molecule is Cc1cc(Cl)cc(C(=O)N(C2CC2)C(C)C(=O)O)c1. The summed E-state index contributed by atoms with van der Waals surface area (Å²) in [5.74, 6) is -1.25. The molecule has 1 N–H and O–H groups in total. The average Bonchev–Trinajstić information content (AvgIpc) is 3.12. The van der Waals surface area contributed by atoms with E-state index in [4.69, 9.17) is 16.7 Å². The van der Waals surface area contributed by atoms with Crippen LogP contribution in [0.5, 0.6) is 0 Å². The zero-order valence-electron chi connectivity index (χ0n) is 10.9. The van der Waals surface area contributed by atoms with Gasteiger partial charge in [-0.1, -0.05) is 11.6 Å². The molecule has 1 aromatic carbocycles. The van der Waals surface area contributed by atoms with Crippen molar-refractivity contribution < 1.29 is 14.7 Å². The van der Waals surface area contributed by atoms with E-state index >= 15 is 0 Å². The van der Waals surface area contributed by atoms with E-state index in [1.165, 1.54) is 11.8 Å². The van der Waals surface area contributed by atoms with Crippen LogP contribution in [0.2, 0.25) is 5.02 Å². The number of amides is 1. The van der Waals surface area contributed by atoms with Crippen LogP contribution in [-0.4, -0.2) is 34.0 Å². The lowest BCUT2D eigenvalue weighted by molar-refractivity contribution is -0.141. The minimum Gasteiger partial charge on any atom is -0.480 e. The molecule has 0 radical (unpaired) electrons. The van der Waals surface area contributed by atoms with Crippen molar-refractivity contribution >= 4 is 23.5 Å². The van der Waals surface area contributed by atoms with Crippen LogP contribution in [0.4, 0.5) is 0 Å². The summed E-state index contributed by atoms with van der Waals surface area (Å²) in [5.41, 5.74) is 1.33. The van der Waals surface area contributed by atoms with Gasteiger partial charge in [0, 0.05) is 16.6 Å². The highest BCUT2D eigenvalue weighted by atomic mass is 35.5. The molecule has 0 bridgehead atoms. The van der Waals surface area contributed by atoms with Gasteiger partial charge in [-0.25, -0.2) is 4.79 Å². The van der Waals surface area contributed by atoms with E-state index in [9.17, 15) is 9.59 Å². The summed E-state index contributed by atoms with van der Waals surface area (Å²) >= 11 is 5.95. The average molecular weight is 282 g/mol. The smallest absolute Gasteiger partial charge is 0.326 e. The molecule has 1 aliphatic carbocycles. The van der Waals surface area contributed by atoms with E-state index < -0.39 is 12.0 Å². The lowest BCUT2D eigenvalue weighted by Gasteiger charge is -2.26. The Hall–Kier alpha value is -1.55. The number of hydrogen-bond donors (Lipinski definition) is 1. The van der Waals surface area contributed by atoms with E-state index in [-0.39, 0.29) is 11.9 Å². The maximum atomic E-state index is 12.5. The number of carbonyl (C=O) groups excluding carboxylic acids is 1. The molecule has 1 fully saturated rings. The van der Waals surface area contributed by atoms with Gasteiger partial charge in [-0.2, -0.15) is 0 Å². The summed E-state index contributed by atoms with van der Waals surface area (Å²) in [5, 5.41) is 9.60. The minimum absolute atomic E-state index is 0.0397. The van der Waals surface area contributed by atoms with Crippen molar-refractivity contribution in [1.29, 1.82) is 0 Å². The summed E-state index contributed by atoms with van der Waals surface area (Å²) in [7, 11) is 0. The fraction of sp³-hybridized carbons (Fsp3) is 0.429. The van der Waals surface area contributed by atoms with Crippen LogP contribution in [-0.2, 0) is 4.79 Å². The van der Waals surface area contributed by atoms with Crippen molar-refractivity contribution in [2.45, 2.75) is 38.8 Å². The number of carboxylic acid groups (broad SMARTS) is 1. The number of carboxylic acids is 1. The Bertz CT molecular complexity index is 505. The van der Waals surface area contributed by atoms with Gasteiger partial charge < -0.3 is 10.0 Å². The summed E-state index contributed by atoms with van der Waals surface area (Å²) in [4.78, 5) is 25.1. The predicted molar refractivity (Wildman–Crippen MR) is 72.5 cm³/mol. The first kappa shape index (κ1) is 13.9. The highest BCUT2D eigenvalue weighted by Gasteiger charge is 2.38. The fourth-order valence-corrected chi connectivity index (χ4v) is 2.43. The fourth-order valence-electron chi connectivity index (χ4n) is 2.14. The van der Waals surface area contributed by atoms with Crippen LogP contribution in [0.25, 0.3) is 0 Å². The molecule has 1 aliphatic rings. The van der Waals surface area contributed by atoms with Gasteiger partial charge in [0.2, 0.25) is 0 Å². The Balaban J connectivity index is 2.31. The predicted octanol–water partition coefficient (Wildman–Crippen LogP) is 2.73. The quantitative estimate of drug-likeness (QED) is 0.923. The number of halogens is 1. The second kappa shape index (κ2) is 5.21. The number of benzene rings is 1. The molecule has 0 aromatic heterocycles. The van der Waals surface area contributed by atoms with Gasteiger partial charge in [0.25, 0.3) is 5.91 Å². The summed E-state index contributed by atoms with van der Waals surface area (Å²) in [6.07, 6.45) is 1.73. The minimum atomic E-state index is -0.987. The highest BCUT2D eigenvalue weighted by molar-refractivity contribution is 6.31. The molecule has 1 atom stereocenters. The molecule has 4 nitrogen and oxygen atoms in total. The molecule has 0 heterocycles. The third-order valence-electron chi connectivity index (χ3n) is 3.24. The molecule has 102 valence electrons. The number of rotatable bonds is 4. The molecule has 5 heteroatoms. The summed E-state index contributed by atoms with van der Waals surface area (Å²) < 4.78 is 0. The Morgan fingerprint density at radius 3 is 2.47 bits per heavy atom. The van der Waals surface area contributed by atoms with Crippen LogP contribution < -0.4 is 0 Å². The van der Waals surface area contributed by atoms with Crippen molar-refractivity contribution in [3.63, 3.8) is 0 Å². The van der Waals surface area contributed by atoms with Gasteiger partial charge in [0.1, 0.15) is 6.04 Å². The molecule has 0 saturated heterocycles. The van der Waals surface area contributed by atoms with E-state index in [0.717, 1.165) is 18.4 Å². The maximum Gasteiger partial charge on any atom is 0.326 e. The molecule has 0 aliphatic heterocycles. The molecular formula is C14H16ClNO3.